The van der Waals surface area contributed by atoms with Gasteiger partial charge in [0.1, 0.15) is 0 Å². The lowest BCUT2D eigenvalue weighted by atomic mass is 10.0. The zero-order valence-electron chi connectivity index (χ0n) is 14.8. The third-order valence-electron chi connectivity index (χ3n) is 4.40. The minimum Gasteiger partial charge on any atom is -0.360 e. The number of aryl methyl sites for hydroxylation is 1. The highest BCUT2D eigenvalue weighted by atomic mass is 35.5. The monoisotopic (exact) mass is 400 g/mol. The van der Waals surface area contributed by atoms with Crippen LogP contribution in [-0.4, -0.2) is 47.0 Å². The predicted molar refractivity (Wildman–Crippen MR) is 106 cm³/mol. The van der Waals surface area contributed by atoms with Crippen molar-refractivity contribution in [1.82, 2.24) is 15.0 Å². The average Bonchev–Trinajstić information content (AvgIpc) is 3.01. The van der Waals surface area contributed by atoms with E-state index in [9.17, 15) is 4.79 Å². The number of aromatic nitrogens is 1. The number of benzene rings is 1. The smallest absolute Gasteiger partial charge is 0.224 e. The molecule has 3 rings (SSSR count). The molecule has 2 aromatic rings. The summed E-state index contributed by atoms with van der Waals surface area (Å²) in [5.41, 5.74) is 8.06. The highest BCUT2D eigenvalue weighted by molar-refractivity contribution is 5.85. The first-order valence-electron chi connectivity index (χ1n) is 8.34. The highest BCUT2D eigenvalue weighted by Gasteiger charge is 2.23. The van der Waals surface area contributed by atoms with Gasteiger partial charge in [0.25, 0.3) is 0 Å². The standard InChI is InChI=1S/C18H24N4O2.2ClH/c1-14-11-16(24-20-14)13-21-7-9-22(10-8-21)18(23)12-17(19)15-5-3-2-4-6-15;;/h2-6,11,17H,7-10,12-13,19H2,1H3;2*1H. The zero-order valence-corrected chi connectivity index (χ0v) is 16.5. The van der Waals surface area contributed by atoms with Crippen molar-refractivity contribution in [3.05, 3.63) is 53.4 Å². The molecule has 0 saturated carbocycles. The van der Waals surface area contributed by atoms with Gasteiger partial charge in [0.05, 0.1) is 12.2 Å². The summed E-state index contributed by atoms with van der Waals surface area (Å²) in [5.74, 6) is 1.000. The van der Waals surface area contributed by atoms with Gasteiger partial charge in [0.15, 0.2) is 5.76 Å². The number of nitrogens with two attached hydrogens (primary N) is 1. The third-order valence-corrected chi connectivity index (χ3v) is 4.40. The van der Waals surface area contributed by atoms with E-state index >= 15 is 0 Å². The maximum Gasteiger partial charge on any atom is 0.224 e. The second kappa shape index (κ2) is 10.5. The largest absolute Gasteiger partial charge is 0.360 e. The number of rotatable bonds is 5. The third kappa shape index (κ3) is 5.99. The number of carbonyl (C=O) groups is 1. The van der Waals surface area contributed by atoms with Gasteiger partial charge in [0, 0.05) is 44.7 Å². The Morgan fingerprint density at radius 1 is 1.19 bits per heavy atom. The Kier molecular flexibility index (Phi) is 9.08. The van der Waals surface area contributed by atoms with Gasteiger partial charge < -0.3 is 15.2 Å². The molecular formula is C18H26Cl2N4O2. The molecule has 2 heterocycles. The van der Waals surface area contributed by atoms with Crippen LogP contribution in [-0.2, 0) is 11.3 Å². The lowest BCUT2D eigenvalue weighted by Gasteiger charge is -2.34. The molecule has 8 heteroatoms. The fourth-order valence-corrected chi connectivity index (χ4v) is 3.00. The van der Waals surface area contributed by atoms with Gasteiger partial charge >= 0.3 is 0 Å². The van der Waals surface area contributed by atoms with Gasteiger partial charge in [-0.1, -0.05) is 35.5 Å². The molecular weight excluding hydrogens is 375 g/mol. The molecule has 0 bridgehead atoms. The topological polar surface area (TPSA) is 75.6 Å². The van der Waals surface area contributed by atoms with Crippen LogP contribution in [0.25, 0.3) is 0 Å². The molecule has 1 fully saturated rings. The lowest BCUT2D eigenvalue weighted by molar-refractivity contribution is -0.133. The fourth-order valence-electron chi connectivity index (χ4n) is 3.00. The average molecular weight is 401 g/mol. The summed E-state index contributed by atoms with van der Waals surface area (Å²) < 4.78 is 5.25. The fraction of sp³-hybridized carbons (Fsp3) is 0.444. The summed E-state index contributed by atoms with van der Waals surface area (Å²) in [7, 11) is 0. The Balaban J connectivity index is 0.00000169. The minimum atomic E-state index is -0.242. The van der Waals surface area contributed by atoms with E-state index in [0.29, 0.717) is 6.42 Å². The number of carbonyl (C=O) groups excluding carboxylic acids is 1. The molecule has 144 valence electrons. The summed E-state index contributed by atoms with van der Waals surface area (Å²) in [4.78, 5) is 16.6. The molecule has 2 N–H and O–H groups in total. The number of nitrogens with zero attached hydrogens (tertiary/aromatic N) is 3. The van der Waals surface area contributed by atoms with Crippen molar-refractivity contribution < 1.29 is 9.32 Å². The normalized spacial score (nSPS) is 15.7. The van der Waals surface area contributed by atoms with Gasteiger partial charge in [-0.2, -0.15) is 0 Å². The molecule has 1 amide bonds. The summed E-state index contributed by atoms with van der Waals surface area (Å²) in [6.45, 7) is 5.80. The maximum atomic E-state index is 12.4. The van der Waals surface area contributed by atoms with Crippen molar-refractivity contribution >= 4 is 30.7 Å². The molecule has 26 heavy (non-hydrogen) atoms. The van der Waals surface area contributed by atoms with Crippen LogP contribution < -0.4 is 5.73 Å². The lowest BCUT2D eigenvalue weighted by Crippen LogP contribution is -2.48. The Morgan fingerprint density at radius 2 is 1.85 bits per heavy atom. The molecule has 1 atom stereocenters. The van der Waals surface area contributed by atoms with Crippen LogP contribution >= 0.6 is 24.8 Å². The van der Waals surface area contributed by atoms with Crippen LogP contribution in [0.4, 0.5) is 0 Å². The number of hydrogen-bond donors (Lipinski definition) is 1. The molecule has 1 aliphatic heterocycles. The van der Waals surface area contributed by atoms with Crippen LogP contribution in [0.15, 0.2) is 40.9 Å². The first kappa shape index (κ1) is 22.4. The van der Waals surface area contributed by atoms with Crippen molar-refractivity contribution in [2.45, 2.75) is 25.9 Å². The predicted octanol–water partition coefficient (Wildman–Crippen LogP) is 2.56. The van der Waals surface area contributed by atoms with E-state index in [4.69, 9.17) is 10.3 Å². The molecule has 0 aliphatic carbocycles. The van der Waals surface area contributed by atoms with Crippen molar-refractivity contribution in [3.8, 4) is 0 Å². The highest BCUT2D eigenvalue weighted by Crippen LogP contribution is 2.16. The number of amides is 1. The molecule has 0 radical (unpaired) electrons. The summed E-state index contributed by atoms with van der Waals surface area (Å²) in [5, 5.41) is 3.91. The van der Waals surface area contributed by atoms with Crippen LogP contribution in [0.3, 0.4) is 0 Å². The molecule has 6 nitrogen and oxygen atoms in total. The number of piperazine rings is 1. The van der Waals surface area contributed by atoms with E-state index < -0.39 is 0 Å². The van der Waals surface area contributed by atoms with Crippen molar-refractivity contribution in [2.24, 2.45) is 5.73 Å². The van der Waals surface area contributed by atoms with Crippen molar-refractivity contribution in [3.63, 3.8) is 0 Å². The second-order valence-corrected chi connectivity index (χ2v) is 6.31. The van der Waals surface area contributed by atoms with Gasteiger partial charge in [-0.25, -0.2) is 0 Å². The first-order valence-corrected chi connectivity index (χ1v) is 8.34. The van der Waals surface area contributed by atoms with Crippen molar-refractivity contribution in [1.29, 1.82) is 0 Å². The first-order chi connectivity index (χ1) is 11.6. The van der Waals surface area contributed by atoms with Crippen molar-refractivity contribution in [2.75, 3.05) is 26.2 Å². The molecule has 1 aromatic carbocycles. The number of halogens is 2. The molecule has 0 spiro atoms. The molecule has 1 aromatic heterocycles. The Hall–Kier alpha value is -1.60. The molecule has 1 aliphatic rings. The van der Waals surface area contributed by atoms with Gasteiger partial charge in [-0.05, 0) is 12.5 Å². The zero-order chi connectivity index (χ0) is 16.9. The van der Waals surface area contributed by atoms with E-state index in [1.165, 1.54) is 0 Å². The van der Waals surface area contributed by atoms with Crippen LogP contribution in [0.5, 0.6) is 0 Å². The number of hydrogen-bond acceptors (Lipinski definition) is 5. The molecule has 1 saturated heterocycles. The molecule has 1 unspecified atom stereocenters. The SMILES string of the molecule is Cc1cc(CN2CCN(C(=O)CC(N)c3ccccc3)CC2)on1.Cl.Cl. The van der Waals surface area contributed by atoms with E-state index in [0.717, 1.165) is 49.7 Å². The summed E-state index contributed by atoms with van der Waals surface area (Å²) in [6.07, 6.45) is 0.352. The van der Waals surface area contributed by atoms with E-state index in [2.05, 4.69) is 10.1 Å². The van der Waals surface area contributed by atoms with Gasteiger partial charge in [-0.3, -0.25) is 9.69 Å². The van der Waals surface area contributed by atoms with Crippen LogP contribution in [0.2, 0.25) is 0 Å². The quantitative estimate of drug-likeness (QED) is 0.834. The second-order valence-electron chi connectivity index (χ2n) is 6.31. The summed E-state index contributed by atoms with van der Waals surface area (Å²) >= 11 is 0. The minimum absolute atomic E-state index is 0. The summed E-state index contributed by atoms with van der Waals surface area (Å²) in [6, 6.07) is 11.5. The Labute approximate surface area is 166 Å². The Morgan fingerprint density at radius 3 is 2.42 bits per heavy atom. The van der Waals surface area contributed by atoms with E-state index in [1.54, 1.807) is 0 Å². The Bertz CT molecular complexity index is 673. The van der Waals surface area contributed by atoms with Crippen LogP contribution in [0, 0.1) is 6.92 Å². The van der Waals surface area contributed by atoms with Gasteiger partial charge in [-0.15, -0.1) is 24.8 Å². The van der Waals surface area contributed by atoms with E-state index in [-0.39, 0.29) is 36.8 Å². The maximum absolute atomic E-state index is 12.4. The van der Waals surface area contributed by atoms with Crippen LogP contribution in [0.1, 0.15) is 29.5 Å². The van der Waals surface area contributed by atoms with E-state index in [1.807, 2.05) is 48.2 Å². The van der Waals surface area contributed by atoms with Gasteiger partial charge in [0.2, 0.25) is 5.91 Å².